The van der Waals surface area contributed by atoms with E-state index in [0.717, 1.165) is 16.5 Å². The molecule has 0 radical (unpaired) electrons. The topological polar surface area (TPSA) is 44.5 Å². The predicted molar refractivity (Wildman–Crippen MR) is 71.7 cm³/mol. The van der Waals surface area contributed by atoms with E-state index in [0.29, 0.717) is 11.5 Å². The Kier molecular flexibility index (Phi) is 6.79. The van der Waals surface area contributed by atoms with Crippen molar-refractivity contribution >= 4 is 28.3 Å². The second kappa shape index (κ2) is 6.99. The lowest BCUT2D eigenvalue weighted by atomic mass is 10.1. The summed E-state index contributed by atoms with van der Waals surface area (Å²) in [6.07, 6.45) is 0.883. The first kappa shape index (κ1) is 15.5. The summed E-state index contributed by atoms with van der Waals surface area (Å²) >= 11 is 3.48. The Hall–Kier alpha value is -0.450. The van der Waals surface area contributed by atoms with Crippen molar-refractivity contribution in [1.29, 1.82) is 0 Å². The number of halogens is 2. The van der Waals surface area contributed by atoms with Crippen molar-refractivity contribution in [1.82, 2.24) is 0 Å². The lowest BCUT2D eigenvalue weighted by molar-refractivity contribution is 0.354. The van der Waals surface area contributed by atoms with Gasteiger partial charge in [-0.15, -0.1) is 12.4 Å². The molecule has 1 rings (SSSR count). The third-order valence-corrected chi connectivity index (χ3v) is 3.03. The second-order valence-corrected chi connectivity index (χ2v) is 4.10. The molecule has 3 nitrogen and oxygen atoms in total. The molecule has 1 aromatic carbocycles. The van der Waals surface area contributed by atoms with Crippen LogP contribution in [0.15, 0.2) is 16.6 Å². The number of hydrogen-bond donors (Lipinski definition) is 1. The molecule has 0 fully saturated rings. The van der Waals surface area contributed by atoms with Crippen LogP contribution in [0.4, 0.5) is 0 Å². The summed E-state index contributed by atoms with van der Waals surface area (Å²) in [7, 11) is 3.23. The molecule has 0 aliphatic heterocycles. The average Bonchev–Trinajstić information content (AvgIpc) is 2.27. The van der Waals surface area contributed by atoms with Crippen molar-refractivity contribution in [2.75, 3.05) is 14.2 Å². The molecule has 5 heteroatoms. The van der Waals surface area contributed by atoms with Crippen molar-refractivity contribution in [2.45, 2.75) is 19.4 Å². The molecule has 0 saturated carbocycles. The van der Waals surface area contributed by atoms with E-state index in [2.05, 4.69) is 15.9 Å². The molecule has 92 valence electrons. The molecule has 0 amide bonds. The van der Waals surface area contributed by atoms with Crippen LogP contribution in [0.25, 0.3) is 0 Å². The summed E-state index contributed by atoms with van der Waals surface area (Å²) < 4.78 is 11.4. The highest BCUT2D eigenvalue weighted by Gasteiger charge is 2.13. The normalized spacial score (nSPS) is 11.6. The molecule has 0 aliphatic carbocycles. The minimum atomic E-state index is 0. The molecule has 1 atom stereocenters. The van der Waals surface area contributed by atoms with E-state index in [1.807, 2.05) is 19.1 Å². The molecule has 0 saturated heterocycles. The summed E-state index contributed by atoms with van der Waals surface area (Å²) in [5.41, 5.74) is 7.02. The van der Waals surface area contributed by atoms with Crippen LogP contribution in [0.1, 0.15) is 24.9 Å². The highest BCUT2D eigenvalue weighted by Crippen LogP contribution is 2.35. The predicted octanol–water partition coefficient (Wildman–Crippen LogP) is 3.30. The van der Waals surface area contributed by atoms with Gasteiger partial charge in [0, 0.05) is 10.5 Å². The van der Waals surface area contributed by atoms with Gasteiger partial charge in [0.15, 0.2) is 11.5 Å². The minimum absolute atomic E-state index is 0. The Morgan fingerprint density at radius 3 is 2.19 bits per heavy atom. The summed E-state index contributed by atoms with van der Waals surface area (Å²) in [4.78, 5) is 0. The van der Waals surface area contributed by atoms with Crippen LogP contribution < -0.4 is 15.2 Å². The Bertz CT molecular complexity index is 347. The largest absolute Gasteiger partial charge is 0.493 e. The summed E-state index contributed by atoms with van der Waals surface area (Å²) in [6.45, 7) is 2.05. The van der Waals surface area contributed by atoms with Crippen LogP contribution >= 0.6 is 28.3 Å². The zero-order valence-corrected chi connectivity index (χ0v) is 12.0. The van der Waals surface area contributed by atoms with Crippen LogP contribution in [-0.4, -0.2) is 14.2 Å². The zero-order valence-electron chi connectivity index (χ0n) is 9.62. The third-order valence-electron chi connectivity index (χ3n) is 2.34. The van der Waals surface area contributed by atoms with E-state index in [4.69, 9.17) is 15.2 Å². The fraction of sp³-hybridized carbons (Fsp3) is 0.455. The third kappa shape index (κ3) is 3.27. The quantitative estimate of drug-likeness (QED) is 0.928. The maximum atomic E-state index is 5.98. The van der Waals surface area contributed by atoms with Crippen LogP contribution in [0.3, 0.4) is 0 Å². The minimum Gasteiger partial charge on any atom is -0.493 e. The molecule has 0 aromatic heterocycles. The van der Waals surface area contributed by atoms with Gasteiger partial charge in [0.05, 0.1) is 14.2 Å². The number of nitrogens with two attached hydrogens (primary N) is 1. The first-order chi connectivity index (χ1) is 7.13. The maximum Gasteiger partial charge on any atom is 0.161 e. The average molecular weight is 311 g/mol. The molecule has 0 bridgehead atoms. The van der Waals surface area contributed by atoms with Gasteiger partial charge in [-0.1, -0.05) is 22.9 Å². The highest BCUT2D eigenvalue weighted by atomic mass is 79.9. The fourth-order valence-electron chi connectivity index (χ4n) is 1.37. The molecular formula is C11H17BrClNO2. The molecule has 1 aromatic rings. The Morgan fingerprint density at radius 1 is 1.25 bits per heavy atom. The molecule has 16 heavy (non-hydrogen) atoms. The van der Waals surface area contributed by atoms with E-state index < -0.39 is 0 Å². The van der Waals surface area contributed by atoms with Gasteiger partial charge in [-0.25, -0.2) is 0 Å². The lowest BCUT2D eigenvalue weighted by Gasteiger charge is -2.15. The molecule has 0 unspecified atom stereocenters. The van der Waals surface area contributed by atoms with Crippen LogP contribution in [0.2, 0.25) is 0 Å². The SMILES string of the molecule is CC[C@H](N)c1cc(OC)c(OC)cc1Br.Cl. The number of hydrogen-bond acceptors (Lipinski definition) is 3. The van der Waals surface area contributed by atoms with E-state index in [9.17, 15) is 0 Å². The molecule has 2 N–H and O–H groups in total. The van der Waals surface area contributed by atoms with Crippen LogP contribution in [0, 0.1) is 0 Å². The fourth-order valence-corrected chi connectivity index (χ4v) is 1.99. The van der Waals surface area contributed by atoms with Crippen LogP contribution in [-0.2, 0) is 0 Å². The number of benzene rings is 1. The summed E-state index contributed by atoms with van der Waals surface area (Å²) in [5.74, 6) is 1.41. The monoisotopic (exact) mass is 309 g/mol. The van der Waals surface area contributed by atoms with Crippen molar-refractivity contribution in [2.24, 2.45) is 5.73 Å². The van der Waals surface area contributed by atoms with Gasteiger partial charge in [-0.2, -0.15) is 0 Å². The Morgan fingerprint density at radius 2 is 1.75 bits per heavy atom. The van der Waals surface area contributed by atoms with E-state index in [1.54, 1.807) is 14.2 Å². The van der Waals surface area contributed by atoms with Gasteiger partial charge in [0.2, 0.25) is 0 Å². The van der Waals surface area contributed by atoms with Crippen molar-refractivity contribution in [3.05, 3.63) is 22.2 Å². The Balaban J connectivity index is 0.00000225. The van der Waals surface area contributed by atoms with E-state index in [-0.39, 0.29) is 18.4 Å². The molecular weight excluding hydrogens is 293 g/mol. The number of rotatable bonds is 4. The van der Waals surface area contributed by atoms with Crippen LogP contribution in [0.5, 0.6) is 11.5 Å². The van der Waals surface area contributed by atoms with Crippen molar-refractivity contribution < 1.29 is 9.47 Å². The maximum absolute atomic E-state index is 5.98. The molecule has 0 spiro atoms. The number of methoxy groups -OCH3 is 2. The number of ether oxygens (including phenoxy) is 2. The first-order valence-electron chi connectivity index (χ1n) is 4.81. The van der Waals surface area contributed by atoms with Gasteiger partial charge < -0.3 is 15.2 Å². The summed E-state index contributed by atoms with van der Waals surface area (Å²) in [5, 5.41) is 0. The summed E-state index contributed by atoms with van der Waals surface area (Å²) in [6, 6.07) is 3.81. The lowest BCUT2D eigenvalue weighted by Crippen LogP contribution is -2.09. The Labute approximate surface area is 111 Å². The second-order valence-electron chi connectivity index (χ2n) is 3.24. The van der Waals surface area contributed by atoms with Gasteiger partial charge >= 0.3 is 0 Å². The smallest absolute Gasteiger partial charge is 0.161 e. The van der Waals surface area contributed by atoms with Gasteiger partial charge in [-0.3, -0.25) is 0 Å². The highest BCUT2D eigenvalue weighted by molar-refractivity contribution is 9.10. The standard InChI is InChI=1S/C11H16BrNO2.ClH/c1-4-9(13)7-5-10(14-2)11(15-3)6-8(7)12;/h5-6,9H,4,13H2,1-3H3;1H/t9-;/m0./s1. The van der Waals surface area contributed by atoms with Gasteiger partial charge in [-0.05, 0) is 24.1 Å². The first-order valence-corrected chi connectivity index (χ1v) is 5.60. The van der Waals surface area contributed by atoms with Crippen molar-refractivity contribution in [3.63, 3.8) is 0 Å². The molecule has 0 heterocycles. The van der Waals surface area contributed by atoms with E-state index >= 15 is 0 Å². The van der Waals surface area contributed by atoms with E-state index in [1.165, 1.54) is 0 Å². The van der Waals surface area contributed by atoms with Crippen molar-refractivity contribution in [3.8, 4) is 11.5 Å². The zero-order chi connectivity index (χ0) is 11.4. The van der Waals surface area contributed by atoms with Gasteiger partial charge in [0.25, 0.3) is 0 Å². The van der Waals surface area contributed by atoms with Gasteiger partial charge in [0.1, 0.15) is 0 Å². The molecule has 0 aliphatic rings.